The van der Waals surface area contributed by atoms with Gasteiger partial charge in [0.15, 0.2) is 10.7 Å². The summed E-state index contributed by atoms with van der Waals surface area (Å²) in [6.45, 7) is 4.18. The van der Waals surface area contributed by atoms with E-state index in [1.165, 1.54) is 23.5 Å². The van der Waals surface area contributed by atoms with Crippen LogP contribution in [0.4, 0.5) is 13.2 Å². The molecule has 0 atom stereocenters. The number of carbonyl (C=O) groups is 1. The summed E-state index contributed by atoms with van der Waals surface area (Å²) in [6, 6.07) is 4.77. The maximum Gasteiger partial charge on any atom is 0.416 e. The molecule has 1 amide bonds. The molecule has 1 aromatic carbocycles. The molecule has 0 bridgehead atoms. The molecule has 1 fully saturated rings. The number of hydrogen-bond donors (Lipinski definition) is 1. The van der Waals surface area contributed by atoms with Gasteiger partial charge in [-0.1, -0.05) is 12.1 Å². The first-order valence-corrected chi connectivity index (χ1v) is 10.0. The zero-order chi connectivity index (χ0) is 20.4. The van der Waals surface area contributed by atoms with Gasteiger partial charge in [0, 0.05) is 43.3 Å². The number of fused-ring (bicyclic) bond motifs is 1. The van der Waals surface area contributed by atoms with E-state index in [9.17, 15) is 18.0 Å². The van der Waals surface area contributed by atoms with Crippen LogP contribution in [-0.2, 0) is 10.9 Å². The number of amides is 1. The summed E-state index contributed by atoms with van der Waals surface area (Å²) in [5.74, 6) is -0.343. The molecule has 0 unspecified atom stereocenters. The second-order valence-corrected chi connectivity index (χ2v) is 7.52. The Hall–Kier alpha value is -2.43. The molecule has 4 rings (SSSR count). The average Bonchev–Trinajstić information content (AvgIpc) is 3.29. The Bertz CT molecular complexity index is 991. The minimum atomic E-state index is -4.41. The monoisotopic (exact) mass is 424 g/mol. The number of nitrogens with zero attached hydrogens (tertiary/aromatic N) is 3. The summed E-state index contributed by atoms with van der Waals surface area (Å²) in [5.41, 5.74) is 0.462. The number of benzene rings is 1. The molecule has 0 radical (unpaired) electrons. The van der Waals surface area contributed by atoms with Gasteiger partial charge in [-0.15, -0.1) is 11.3 Å². The molecule has 2 aromatic heterocycles. The van der Waals surface area contributed by atoms with Gasteiger partial charge in [0.05, 0.1) is 24.5 Å². The fraction of sp³-hybridized carbons (Fsp3) is 0.368. The molecular weight excluding hydrogens is 405 g/mol. The van der Waals surface area contributed by atoms with Crippen molar-refractivity contribution in [3.63, 3.8) is 0 Å². The lowest BCUT2D eigenvalue weighted by molar-refractivity contribution is -0.137. The fourth-order valence-electron chi connectivity index (χ4n) is 3.27. The Morgan fingerprint density at radius 3 is 2.62 bits per heavy atom. The predicted molar refractivity (Wildman–Crippen MR) is 103 cm³/mol. The van der Waals surface area contributed by atoms with E-state index < -0.39 is 11.7 Å². The van der Waals surface area contributed by atoms with E-state index in [0.717, 1.165) is 25.2 Å². The summed E-state index contributed by atoms with van der Waals surface area (Å²) in [5, 5.41) is 4.69. The number of rotatable bonds is 5. The summed E-state index contributed by atoms with van der Waals surface area (Å²) in [7, 11) is 0. The maximum atomic E-state index is 12.9. The van der Waals surface area contributed by atoms with E-state index in [-0.39, 0.29) is 11.6 Å². The first-order valence-electron chi connectivity index (χ1n) is 9.15. The molecule has 0 aliphatic carbocycles. The van der Waals surface area contributed by atoms with E-state index >= 15 is 0 Å². The lowest BCUT2D eigenvalue weighted by Crippen LogP contribution is -2.41. The number of nitrogens with one attached hydrogen (secondary N) is 1. The number of alkyl halides is 3. The van der Waals surface area contributed by atoms with Gasteiger partial charge in [0.2, 0.25) is 0 Å². The predicted octanol–water partition coefficient (Wildman–Crippen LogP) is 3.14. The largest absolute Gasteiger partial charge is 0.416 e. The Morgan fingerprint density at radius 2 is 1.93 bits per heavy atom. The van der Waals surface area contributed by atoms with Crippen LogP contribution in [0.25, 0.3) is 16.2 Å². The molecule has 10 heteroatoms. The number of carbonyl (C=O) groups excluding carboxylic acids is 1. The van der Waals surface area contributed by atoms with E-state index in [4.69, 9.17) is 4.74 Å². The topological polar surface area (TPSA) is 58.9 Å². The van der Waals surface area contributed by atoms with E-state index in [1.54, 1.807) is 10.6 Å². The third-order valence-corrected chi connectivity index (χ3v) is 5.54. The molecule has 29 heavy (non-hydrogen) atoms. The number of ether oxygens (including phenoxy) is 1. The van der Waals surface area contributed by atoms with Crippen LogP contribution in [0.2, 0.25) is 0 Å². The molecule has 3 aromatic rings. The Balaban J connectivity index is 1.55. The summed E-state index contributed by atoms with van der Waals surface area (Å²) < 4.78 is 45.7. The molecule has 0 saturated carbocycles. The van der Waals surface area contributed by atoms with Crippen LogP contribution in [0, 0.1) is 0 Å². The SMILES string of the molecule is O=C(NCCN1CCOCC1)c1nc2sccn2c1-c1ccc(C(F)(F)F)cc1. The molecule has 1 aliphatic heterocycles. The van der Waals surface area contributed by atoms with Crippen molar-refractivity contribution >= 4 is 22.2 Å². The Kier molecular flexibility index (Phi) is 5.57. The number of aromatic nitrogens is 2. The van der Waals surface area contributed by atoms with Crippen LogP contribution >= 0.6 is 11.3 Å². The normalized spacial score (nSPS) is 15.7. The number of morpholine rings is 1. The molecular formula is C19H19F3N4O2S. The van der Waals surface area contributed by atoms with Crippen LogP contribution in [0.3, 0.4) is 0 Å². The van der Waals surface area contributed by atoms with Gasteiger partial charge < -0.3 is 10.1 Å². The quantitative estimate of drug-likeness (QED) is 0.684. The van der Waals surface area contributed by atoms with Crippen molar-refractivity contribution in [2.75, 3.05) is 39.4 Å². The molecule has 1 aliphatic rings. The molecule has 1 saturated heterocycles. The van der Waals surface area contributed by atoms with Gasteiger partial charge in [0.1, 0.15) is 0 Å². The van der Waals surface area contributed by atoms with Crippen molar-refractivity contribution in [2.45, 2.75) is 6.18 Å². The highest BCUT2D eigenvalue weighted by molar-refractivity contribution is 7.15. The minimum Gasteiger partial charge on any atom is -0.379 e. The number of imidazole rings is 1. The van der Waals surface area contributed by atoms with Crippen LogP contribution in [0.1, 0.15) is 16.1 Å². The zero-order valence-electron chi connectivity index (χ0n) is 15.4. The number of halogens is 3. The van der Waals surface area contributed by atoms with Gasteiger partial charge in [-0.3, -0.25) is 14.1 Å². The molecule has 1 N–H and O–H groups in total. The van der Waals surface area contributed by atoms with Crippen LogP contribution < -0.4 is 5.32 Å². The number of hydrogen-bond acceptors (Lipinski definition) is 5. The summed E-state index contributed by atoms with van der Waals surface area (Å²) in [4.78, 5) is 20.0. The second-order valence-electron chi connectivity index (χ2n) is 6.65. The van der Waals surface area contributed by atoms with Gasteiger partial charge in [-0.05, 0) is 12.1 Å². The van der Waals surface area contributed by atoms with Gasteiger partial charge in [-0.25, -0.2) is 4.98 Å². The van der Waals surface area contributed by atoms with E-state index in [2.05, 4.69) is 15.2 Å². The minimum absolute atomic E-state index is 0.207. The van der Waals surface area contributed by atoms with Crippen molar-refractivity contribution in [1.82, 2.24) is 19.6 Å². The van der Waals surface area contributed by atoms with Crippen molar-refractivity contribution < 1.29 is 22.7 Å². The molecule has 0 spiro atoms. The van der Waals surface area contributed by atoms with Crippen molar-refractivity contribution in [3.05, 3.63) is 47.1 Å². The highest BCUT2D eigenvalue weighted by atomic mass is 32.1. The average molecular weight is 424 g/mol. The van der Waals surface area contributed by atoms with Crippen LogP contribution in [0.15, 0.2) is 35.8 Å². The third kappa shape index (κ3) is 4.29. The standard InChI is InChI=1S/C19H19F3N4O2S/c20-19(21,22)14-3-1-13(2-4-14)16-15(24-18-26(16)9-12-29-18)17(27)23-5-6-25-7-10-28-11-8-25/h1-4,9,12H,5-8,10-11H2,(H,23,27). The zero-order valence-corrected chi connectivity index (χ0v) is 16.2. The highest BCUT2D eigenvalue weighted by Gasteiger charge is 2.30. The molecule has 6 nitrogen and oxygen atoms in total. The Labute approximate surface area is 168 Å². The third-order valence-electron chi connectivity index (χ3n) is 4.78. The molecule has 154 valence electrons. The maximum absolute atomic E-state index is 12.9. The Morgan fingerprint density at radius 1 is 1.21 bits per heavy atom. The van der Waals surface area contributed by atoms with E-state index in [0.29, 0.717) is 42.5 Å². The van der Waals surface area contributed by atoms with Crippen molar-refractivity contribution in [1.29, 1.82) is 0 Å². The van der Waals surface area contributed by atoms with Gasteiger partial charge >= 0.3 is 6.18 Å². The number of thiazole rings is 1. The second kappa shape index (κ2) is 8.13. The highest BCUT2D eigenvalue weighted by Crippen LogP contribution is 2.32. The van der Waals surface area contributed by atoms with Gasteiger partial charge in [0.25, 0.3) is 5.91 Å². The van der Waals surface area contributed by atoms with Crippen LogP contribution in [-0.4, -0.2) is 59.6 Å². The first kappa shape index (κ1) is 19.9. The van der Waals surface area contributed by atoms with Crippen molar-refractivity contribution in [2.24, 2.45) is 0 Å². The van der Waals surface area contributed by atoms with E-state index in [1.807, 2.05) is 5.38 Å². The smallest absolute Gasteiger partial charge is 0.379 e. The summed E-state index contributed by atoms with van der Waals surface area (Å²) >= 11 is 1.36. The summed E-state index contributed by atoms with van der Waals surface area (Å²) in [6.07, 6.45) is -2.65. The lowest BCUT2D eigenvalue weighted by atomic mass is 10.1. The van der Waals surface area contributed by atoms with Crippen LogP contribution in [0.5, 0.6) is 0 Å². The first-order chi connectivity index (χ1) is 13.9. The van der Waals surface area contributed by atoms with Gasteiger partial charge in [-0.2, -0.15) is 13.2 Å². The molecule has 3 heterocycles. The lowest BCUT2D eigenvalue weighted by Gasteiger charge is -2.26. The fourth-order valence-corrected chi connectivity index (χ4v) is 3.99. The van der Waals surface area contributed by atoms with Crippen molar-refractivity contribution in [3.8, 4) is 11.3 Å².